The molecule has 5 atom stereocenters. The van der Waals surface area contributed by atoms with Crippen LogP contribution in [0.2, 0.25) is 0 Å². The van der Waals surface area contributed by atoms with Gasteiger partial charge in [-0.3, -0.25) is 0 Å². The molecule has 0 aromatic heterocycles. The van der Waals surface area contributed by atoms with Crippen molar-refractivity contribution in [2.75, 3.05) is 13.2 Å². The van der Waals surface area contributed by atoms with Gasteiger partial charge in [0.15, 0.2) is 6.29 Å². The fraction of sp³-hybridized carbons (Fsp3) is 0.684. The zero-order chi connectivity index (χ0) is 15.7. The molecule has 4 rings (SSSR count). The summed E-state index contributed by atoms with van der Waals surface area (Å²) in [6.07, 6.45) is 5.36. The van der Waals surface area contributed by atoms with Crippen molar-refractivity contribution in [3.8, 4) is 0 Å². The molecule has 0 unspecified atom stereocenters. The fourth-order valence-corrected chi connectivity index (χ4v) is 4.08. The van der Waals surface area contributed by atoms with Crippen LogP contribution in [0, 0.1) is 0 Å². The molecule has 0 radical (unpaired) electrons. The van der Waals surface area contributed by atoms with Crippen molar-refractivity contribution in [2.24, 2.45) is 0 Å². The Labute approximate surface area is 138 Å². The van der Waals surface area contributed by atoms with Gasteiger partial charge in [0.05, 0.1) is 24.4 Å². The predicted molar refractivity (Wildman–Crippen MR) is 86.1 cm³/mol. The van der Waals surface area contributed by atoms with Crippen LogP contribution in [0.15, 0.2) is 30.3 Å². The molecule has 4 nitrogen and oxygen atoms in total. The van der Waals surface area contributed by atoms with Crippen LogP contribution in [-0.4, -0.2) is 37.1 Å². The van der Waals surface area contributed by atoms with E-state index in [4.69, 9.17) is 18.9 Å². The Bertz CT molecular complexity index is 519. The van der Waals surface area contributed by atoms with Gasteiger partial charge in [-0.2, -0.15) is 0 Å². The molecule has 3 fully saturated rings. The molecule has 3 heterocycles. The summed E-state index contributed by atoms with van der Waals surface area (Å²) in [7, 11) is 0. The van der Waals surface area contributed by atoms with E-state index in [0.717, 1.165) is 44.3 Å². The van der Waals surface area contributed by atoms with E-state index in [9.17, 15) is 0 Å². The lowest BCUT2D eigenvalue weighted by Crippen LogP contribution is -2.55. The summed E-state index contributed by atoms with van der Waals surface area (Å²) in [5.74, 6) is 0. The molecule has 0 spiro atoms. The van der Waals surface area contributed by atoms with Crippen LogP contribution in [-0.2, 0) is 18.9 Å². The minimum absolute atomic E-state index is 0.00413. The van der Waals surface area contributed by atoms with Crippen molar-refractivity contribution in [1.29, 1.82) is 0 Å². The largest absolute Gasteiger partial charge is 0.375 e. The molecule has 0 N–H and O–H groups in total. The maximum Gasteiger partial charge on any atom is 0.184 e. The number of hydrogen-bond acceptors (Lipinski definition) is 4. The van der Waals surface area contributed by atoms with Crippen molar-refractivity contribution in [1.82, 2.24) is 0 Å². The lowest BCUT2D eigenvalue weighted by atomic mass is 9.85. The predicted octanol–water partition coefficient (Wildman–Crippen LogP) is 3.61. The molecule has 0 amide bonds. The Kier molecular flexibility index (Phi) is 4.41. The van der Waals surface area contributed by atoms with Gasteiger partial charge in [-0.05, 0) is 39.0 Å². The standard InChI is InChI=1S/C19H26O4/c1-19-11-6-12-20-17(19)10-5-9-15-16(23-19)13-21-18(22-15)14-7-3-2-4-8-14/h2-4,7-8,15-18H,5-6,9-13H2,1H3/t15-,16+,17+,18+,19-/m0/s1. The van der Waals surface area contributed by atoms with Crippen LogP contribution < -0.4 is 0 Å². The Balaban J connectivity index is 1.48. The van der Waals surface area contributed by atoms with Crippen molar-refractivity contribution in [2.45, 2.75) is 69.2 Å². The first-order valence-electron chi connectivity index (χ1n) is 8.86. The first-order chi connectivity index (χ1) is 11.2. The van der Waals surface area contributed by atoms with Gasteiger partial charge in [0.1, 0.15) is 6.10 Å². The monoisotopic (exact) mass is 318 g/mol. The number of fused-ring (bicyclic) bond motifs is 2. The van der Waals surface area contributed by atoms with Gasteiger partial charge in [-0.25, -0.2) is 0 Å². The summed E-state index contributed by atoms with van der Waals surface area (Å²) in [6, 6.07) is 10.2. The molecule has 0 bridgehead atoms. The van der Waals surface area contributed by atoms with E-state index in [1.807, 2.05) is 18.2 Å². The number of ether oxygens (including phenoxy) is 4. The minimum atomic E-state index is -0.272. The number of benzene rings is 1. The quantitative estimate of drug-likeness (QED) is 0.793. The van der Waals surface area contributed by atoms with E-state index in [1.165, 1.54) is 0 Å². The van der Waals surface area contributed by atoms with Gasteiger partial charge >= 0.3 is 0 Å². The first-order valence-corrected chi connectivity index (χ1v) is 8.86. The van der Waals surface area contributed by atoms with Crippen LogP contribution >= 0.6 is 0 Å². The van der Waals surface area contributed by atoms with E-state index in [-0.39, 0.29) is 30.2 Å². The Morgan fingerprint density at radius 2 is 1.87 bits per heavy atom. The fourth-order valence-electron chi connectivity index (χ4n) is 4.08. The molecular formula is C19H26O4. The minimum Gasteiger partial charge on any atom is -0.375 e. The molecule has 126 valence electrons. The highest BCUT2D eigenvalue weighted by Crippen LogP contribution is 2.39. The summed E-state index contributed by atoms with van der Waals surface area (Å²) < 4.78 is 24.7. The molecule has 0 aliphatic carbocycles. The van der Waals surface area contributed by atoms with E-state index in [0.29, 0.717) is 6.61 Å². The summed E-state index contributed by atoms with van der Waals surface area (Å²) in [5.41, 5.74) is 0.881. The molecule has 3 saturated heterocycles. The van der Waals surface area contributed by atoms with Crippen LogP contribution in [0.25, 0.3) is 0 Å². The van der Waals surface area contributed by atoms with Crippen LogP contribution in [0.5, 0.6) is 0 Å². The highest BCUT2D eigenvalue weighted by Gasteiger charge is 2.45. The maximum atomic E-state index is 6.50. The van der Waals surface area contributed by atoms with Gasteiger partial charge in [-0.15, -0.1) is 0 Å². The van der Waals surface area contributed by atoms with Crippen LogP contribution in [0.3, 0.4) is 0 Å². The van der Waals surface area contributed by atoms with Crippen molar-refractivity contribution < 1.29 is 18.9 Å². The number of rotatable bonds is 1. The molecule has 0 saturated carbocycles. The lowest BCUT2D eigenvalue weighted by Gasteiger charge is -2.48. The van der Waals surface area contributed by atoms with Gasteiger partial charge in [0.25, 0.3) is 0 Å². The number of hydrogen-bond donors (Lipinski definition) is 0. The van der Waals surface area contributed by atoms with Gasteiger partial charge in [-0.1, -0.05) is 30.3 Å². The van der Waals surface area contributed by atoms with Crippen molar-refractivity contribution in [3.63, 3.8) is 0 Å². The van der Waals surface area contributed by atoms with Crippen molar-refractivity contribution in [3.05, 3.63) is 35.9 Å². The highest BCUT2D eigenvalue weighted by molar-refractivity contribution is 5.16. The SMILES string of the molecule is C[C@]12CCCO[C@@H]1CCC[C@@H]1O[C@H](c3ccccc3)OC[C@H]1O2. The highest BCUT2D eigenvalue weighted by atomic mass is 16.7. The van der Waals surface area contributed by atoms with Crippen LogP contribution in [0.1, 0.15) is 50.9 Å². The average molecular weight is 318 g/mol. The molecular weight excluding hydrogens is 292 g/mol. The zero-order valence-corrected chi connectivity index (χ0v) is 13.8. The lowest BCUT2D eigenvalue weighted by molar-refractivity contribution is -0.305. The summed E-state index contributed by atoms with van der Waals surface area (Å²) in [6.45, 7) is 3.65. The second-order valence-electron chi connectivity index (χ2n) is 7.11. The van der Waals surface area contributed by atoms with E-state index < -0.39 is 0 Å². The average Bonchev–Trinajstić information content (AvgIpc) is 2.57. The maximum absolute atomic E-state index is 6.50. The third kappa shape index (κ3) is 3.18. The molecule has 3 aliphatic rings. The summed E-state index contributed by atoms with van der Waals surface area (Å²) in [4.78, 5) is 0. The normalized spacial score (nSPS) is 41.3. The molecule has 1 aromatic rings. The topological polar surface area (TPSA) is 36.9 Å². The Morgan fingerprint density at radius 1 is 1.00 bits per heavy atom. The molecule has 4 heteroatoms. The van der Waals surface area contributed by atoms with Crippen molar-refractivity contribution >= 4 is 0 Å². The Morgan fingerprint density at radius 3 is 2.74 bits per heavy atom. The van der Waals surface area contributed by atoms with Gasteiger partial charge < -0.3 is 18.9 Å². The first kappa shape index (κ1) is 15.6. The second-order valence-corrected chi connectivity index (χ2v) is 7.11. The smallest absolute Gasteiger partial charge is 0.184 e. The van der Waals surface area contributed by atoms with Gasteiger partial charge in [0, 0.05) is 12.2 Å². The molecule has 23 heavy (non-hydrogen) atoms. The Hall–Kier alpha value is -0.940. The summed E-state index contributed by atoms with van der Waals surface area (Å²) in [5, 5.41) is 0. The van der Waals surface area contributed by atoms with E-state index in [1.54, 1.807) is 0 Å². The summed E-state index contributed by atoms with van der Waals surface area (Å²) >= 11 is 0. The van der Waals surface area contributed by atoms with E-state index in [2.05, 4.69) is 19.1 Å². The van der Waals surface area contributed by atoms with E-state index >= 15 is 0 Å². The third-order valence-corrected chi connectivity index (χ3v) is 5.39. The van der Waals surface area contributed by atoms with Crippen LogP contribution in [0.4, 0.5) is 0 Å². The second kappa shape index (κ2) is 6.52. The zero-order valence-electron chi connectivity index (χ0n) is 13.8. The van der Waals surface area contributed by atoms with Gasteiger partial charge in [0.2, 0.25) is 0 Å². The third-order valence-electron chi connectivity index (χ3n) is 5.39. The molecule has 3 aliphatic heterocycles. The molecule has 1 aromatic carbocycles.